The van der Waals surface area contributed by atoms with Crippen LogP contribution in [-0.2, 0) is 4.74 Å². The zero-order valence-corrected chi connectivity index (χ0v) is 14.4. The molecular formula is C19H16FN5O2. The molecule has 2 heterocycles. The van der Waals surface area contributed by atoms with E-state index in [-0.39, 0.29) is 12.4 Å². The second-order valence-corrected chi connectivity index (χ2v) is 5.80. The van der Waals surface area contributed by atoms with Crippen LogP contribution in [0.4, 0.5) is 14.9 Å². The molecule has 0 aliphatic rings. The van der Waals surface area contributed by atoms with Gasteiger partial charge in [-0.25, -0.2) is 14.2 Å². The molecule has 2 aromatic carbocycles. The molecule has 7 nitrogen and oxygen atoms in total. The van der Waals surface area contributed by atoms with Crippen LogP contribution >= 0.6 is 0 Å². The average molecular weight is 365 g/mol. The van der Waals surface area contributed by atoms with Crippen molar-refractivity contribution in [3.8, 4) is 22.6 Å². The van der Waals surface area contributed by atoms with Crippen molar-refractivity contribution in [2.24, 2.45) is 0 Å². The van der Waals surface area contributed by atoms with Crippen molar-refractivity contribution in [2.45, 2.75) is 6.92 Å². The van der Waals surface area contributed by atoms with Crippen LogP contribution in [0.5, 0.6) is 0 Å². The molecular weight excluding hydrogens is 349 g/mol. The summed E-state index contributed by atoms with van der Waals surface area (Å²) in [7, 11) is 0. The topological polar surface area (TPSA) is 95.7 Å². The number of fused-ring (bicyclic) bond motifs is 1. The lowest BCUT2D eigenvalue weighted by molar-refractivity contribution is 0.168. The molecule has 0 saturated heterocycles. The van der Waals surface area contributed by atoms with Crippen LogP contribution < -0.4 is 5.32 Å². The van der Waals surface area contributed by atoms with Gasteiger partial charge >= 0.3 is 6.09 Å². The number of hydrogen-bond donors (Lipinski definition) is 3. The predicted octanol–water partition coefficient (Wildman–Crippen LogP) is 4.33. The number of H-pyrrole nitrogens is 2. The molecule has 8 heteroatoms. The van der Waals surface area contributed by atoms with Gasteiger partial charge in [0, 0.05) is 5.56 Å². The van der Waals surface area contributed by atoms with Gasteiger partial charge in [0.15, 0.2) is 5.82 Å². The zero-order chi connectivity index (χ0) is 18.8. The van der Waals surface area contributed by atoms with Crippen LogP contribution in [0.1, 0.15) is 6.92 Å². The van der Waals surface area contributed by atoms with Crippen LogP contribution in [0.25, 0.3) is 33.7 Å². The lowest BCUT2D eigenvalue weighted by Crippen LogP contribution is -2.13. The summed E-state index contributed by atoms with van der Waals surface area (Å²) in [5.41, 5.74) is 3.96. The largest absolute Gasteiger partial charge is 0.450 e. The van der Waals surface area contributed by atoms with Gasteiger partial charge < -0.3 is 9.72 Å². The molecule has 0 atom stereocenters. The van der Waals surface area contributed by atoms with Crippen molar-refractivity contribution in [1.82, 2.24) is 20.2 Å². The number of halogens is 1. The van der Waals surface area contributed by atoms with E-state index >= 15 is 0 Å². The van der Waals surface area contributed by atoms with Gasteiger partial charge in [-0.05, 0) is 30.7 Å². The first-order chi connectivity index (χ1) is 13.2. The summed E-state index contributed by atoms with van der Waals surface area (Å²) < 4.78 is 18.5. The smallest absolute Gasteiger partial charge is 0.411 e. The number of hydrogen-bond acceptors (Lipinski definition) is 4. The number of anilines is 1. The standard InChI is InChI=1S/C19H16FN5O2/c1-2-27-19(26)23-15-10-21-25-17(15)18-22-14-8-4-7-13(16(14)24-18)11-5-3-6-12(20)9-11/h3-10H,2H2,1H3,(H,21,25)(H,22,24)(H,23,26). The maximum Gasteiger partial charge on any atom is 0.411 e. The molecule has 0 fully saturated rings. The van der Waals surface area contributed by atoms with Gasteiger partial charge in [0.2, 0.25) is 0 Å². The Balaban J connectivity index is 1.77. The predicted molar refractivity (Wildman–Crippen MR) is 99.7 cm³/mol. The molecule has 0 aliphatic carbocycles. The number of aromatic amines is 2. The van der Waals surface area contributed by atoms with Crippen LogP contribution in [0.3, 0.4) is 0 Å². The first kappa shape index (κ1) is 16.8. The second-order valence-electron chi connectivity index (χ2n) is 5.80. The third-order valence-corrected chi connectivity index (χ3v) is 4.04. The molecule has 3 N–H and O–H groups in total. The fraction of sp³-hybridized carbons (Fsp3) is 0.105. The van der Waals surface area contributed by atoms with Gasteiger partial charge in [0.05, 0.1) is 29.5 Å². The summed E-state index contributed by atoms with van der Waals surface area (Å²) in [6, 6.07) is 12.0. The number of carbonyl (C=O) groups excluding carboxylic acids is 1. The Kier molecular flexibility index (Phi) is 4.29. The van der Waals surface area contributed by atoms with Gasteiger partial charge in [-0.3, -0.25) is 10.4 Å². The maximum atomic E-state index is 13.6. The first-order valence-corrected chi connectivity index (χ1v) is 8.38. The summed E-state index contributed by atoms with van der Waals surface area (Å²) in [6.45, 7) is 1.99. The van der Waals surface area contributed by atoms with Crippen LogP contribution in [0.2, 0.25) is 0 Å². The second kappa shape index (κ2) is 6.91. The molecule has 0 bridgehead atoms. The minimum atomic E-state index is -0.572. The molecule has 0 unspecified atom stereocenters. The Bertz CT molecular complexity index is 1120. The first-order valence-electron chi connectivity index (χ1n) is 8.38. The van der Waals surface area contributed by atoms with E-state index in [0.717, 1.165) is 16.6 Å². The van der Waals surface area contributed by atoms with Crippen LogP contribution in [0, 0.1) is 5.82 Å². The third-order valence-electron chi connectivity index (χ3n) is 4.04. The summed E-state index contributed by atoms with van der Waals surface area (Å²) in [5, 5.41) is 9.42. The van der Waals surface area contributed by atoms with E-state index in [4.69, 9.17) is 4.74 Å². The SMILES string of the molecule is CCOC(=O)Nc1cn[nH]c1-c1nc2c(-c3cccc(F)c3)cccc2[nH]1. The summed E-state index contributed by atoms with van der Waals surface area (Å²) in [4.78, 5) is 19.5. The number of imidazole rings is 1. The number of amides is 1. The van der Waals surface area contributed by atoms with E-state index in [1.54, 1.807) is 13.0 Å². The van der Waals surface area contributed by atoms with E-state index in [1.807, 2.05) is 24.3 Å². The Morgan fingerprint density at radius 3 is 2.93 bits per heavy atom. The number of benzene rings is 2. The summed E-state index contributed by atoms with van der Waals surface area (Å²) in [6.07, 6.45) is 0.907. The Morgan fingerprint density at radius 2 is 2.11 bits per heavy atom. The van der Waals surface area contributed by atoms with E-state index in [9.17, 15) is 9.18 Å². The van der Waals surface area contributed by atoms with Gasteiger partial charge in [-0.1, -0.05) is 24.3 Å². The minimum Gasteiger partial charge on any atom is -0.450 e. The Labute approximate surface area is 153 Å². The number of rotatable bonds is 4. The average Bonchev–Trinajstić information content (AvgIpc) is 3.27. The number of nitrogens with zero attached hydrogens (tertiary/aromatic N) is 2. The number of para-hydroxylation sites is 1. The maximum absolute atomic E-state index is 13.6. The molecule has 0 radical (unpaired) electrons. The zero-order valence-electron chi connectivity index (χ0n) is 14.4. The third kappa shape index (κ3) is 3.24. The molecule has 0 spiro atoms. The fourth-order valence-corrected chi connectivity index (χ4v) is 2.88. The summed E-state index contributed by atoms with van der Waals surface area (Å²) >= 11 is 0. The van der Waals surface area contributed by atoms with Gasteiger partial charge in [0.1, 0.15) is 11.5 Å². The van der Waals surface area contributed by atoms with Crippen LogP contribution in [-0.4, -0.2) is 32.9 Å². The quantitative estimate of drug-likeness (QED) is 0.502. The highest BCUT2D eigenvalue weighted by Gasteiger charge is 2.16. The molecule has 4 aromatic rings. The van der Waals surface area contributed by atoms with Crippen LogP contribution in [0.15, 0.2) is 48.7 Å². The van der Waals surface area contributed by atoms with Crippen molar-refractivity contribution >= 4 is 22.8 Å². The van der Waals surface area contributed by atoms with Crippen molar-refractivity contribution in [3.63, 3.8) is 0 Å². The van der Waals surface area contributed by atoms with Gasteiger partial charge in [-0.15, -0.1) is 0 Å². The highest BCUT2D eigenvalue weighted by molar-refractivity contribution is 5.95. The van der Waals surface area contributed by atoms with Crippen molar-refractivity contribution in [2.75, 3.05) is 11.9 Å². The number of aromatic nitrogens is 4. The lowest BCUT2D eigenvalue weighted by Gasteiger charge is -2.04. The Morgan fingerprint density at radius 1 is 1.26 bits per heavy atom. The number of carbonyl (C=O) groups is 1. The molecule has 0 aliphatic heterocycles. The van der Waals surface area contributed by atoms with E-state index in [1.165, 1.54) is 18.3 Å². The monoisotopic (exact) mass is 365 g/mol. The number of nitrogens with one attached hydrogen (secondary N) is 3. The highest BCUT2D eigenvalue weighted by atomic mass is 19.1. The molecule has 136 valence electrons. The normalized spacial score (nSPS) is 10.9. The molecule has 0 saturated carbocycles. The van der Waals surface area contributed by atoms with Crippen molar-refractivity contribution in [1.29, 1.82) is 0 Å². The van der Waals surface area contributed by atoms with Gasteiger partial charge in [-0.2, -0.15) is 5.10 Å². The van der Waals surface area contributed by atoms with E-state index in [2.05, 4.69) is 25.5 Å². The van der Waals surface area contributed by atoms with Crippen molar-refractivity contribution in [3.05, 3.63) is 54.5 Å². The van der Waals surface area contributed by atoms with Crippen molar-refractivity contribution < 1.29 is 13.9 Å². The fourth-order valence-electron chi connectivity index (χ4n) is 2.88. The lowest BCUT2D eigenvalue weighted by atomic mass is 10.0. The number of ether oxygens (including phenoxy) is 1. The minimum absolute atomic E-state index is 0.265. The van der Waals surface area contributed by atoms with E-state index in [0.29, 0.717) is 22.7 Å². The van der Waals surface area contributed by atoms with Gasteiger partial charge in [0.25, 0.3) is 0 Å². The molecule has 2 aromatic heterocycles. The molecule has 27 heavy (non-hydrogen) atoms. The highest BCUT2D eigenvalue weighted by Crippen LogP contribution is 2.31. The van der Waals surface area contributed by atoms with E-state index < -0.39 is 6.09 Å². The molecule has 4 rings (SSSR count). The molecule has 1 amide bonds. The summed E-state index contributed by atoms with van der Waals surface area (Å²) in [5.74, 6) is 0.188. The Hall–Kier alpha value is -3.68.